The Hall–Kier alpha value is -4.98. The molecule has 0 aliphatic carbocycles. The molecule has 5 aromatic rings. The second kappa shape index (κ2) is 11.1. The number of anilines is 3. The van der Waals surface area contributed by atoms with Gasteiger partial charge in [0.25, 0.3) is 11.8 Å². The molecule has 42 heavy (non-hydrogen) atoms. The van der Waals surface area contributed by atoms with Gasteiger partial charge < -0.3 is 19.5 Å². The van der Waals surface area contributed by atoms with Gasteiger partial charge in [-0.15, -0.1) is 0 Å². The molecule has 0 saturated carbocycles. The Kier molecular flexibility index (Phi) is 7.56. The molecule has 0 radical (unpaired) electrons. The van der Waals surface area contributed by atoms with Gasteiger partial charge in [-0.05, 0) is 59.9 Å². The van der Waals surface area contributed by atoms with Crippen LogP contribution in [0.4, 0.5) is 17.2 Å². The van der Waals surface area contributed by atoms with Gasteiger partial charge in [0.05, 0.1) is 5.69 Å². The first kappa shape index (κ1) is 28.5. The van der Waals surface area contributed by atoms with Crippen molar-refractivity contribution in [1.82, 2.24) is 19.3 Å². The molecule has 0 aliphatic heterocycles. The van der Waals surface area contributed by atoms with Crippen molar-refractivity contribution >= 4 is 34.7 Å². The summed E-state index contributed by atoms with van der Waals surface area (Å²) in [5.74, 6) is 0.399. The van der Waals surface area contributed by atoms with Gasteiger partial charge in [-0.3, -0.25) is 9.59 Å². The second-order valence-electron chi connectivity index (χ2n) is 11.7. The van der Waals surface area contributed by atoms with E-state index in [0.29, 0.717) is 28.3 Å². The largest absolute Gasteiger partial charge is 0.345 e. The zero-order valence-corrected chi connectivity index (χ0v) is 25.1. The third kappa shape index (κ3) is 5.74. The number of hydrogen-bond acceptors (Lipinski definition) is 5. The van der Waals surface area contributed by atoms with Gasteiger partial charge in [-0.25, -0.2) is 9.97 Å². The van der Waals surface area contributed by atoms with Crippen molar-refractivity contribution < 1.29 is 9.59 Å². The summed E-state index contributed by atoms with van der Waals surface area (Å²) in [7, 11) is 5.38. The lowest BCUT2D eigenvalue weighted by Gasteiger charge is -2.21. The average Bonchev–Trinajstić information content (AvgIpc) is 3.45. The van der Waals surface area contributed by atoms with Crippen LogP contribution in [0.3, 0.4) is 0 Å². The summed E-state index contributed by atoms with van der Waals surface area (Å²) in [6, 6.07) is 21.1. The van der Waals surface area contributed by atoms with Gasteiger partial charge in [0.1, 0.15) is 0 Å². The lowest BCUT2D eigenvalue weighted by Crippen LogP contribution is -2.22. The number of nitrogens with one attached hydrogen (secondary N) is 1. The molecule has 2 aromatic heterocycles. The van der Waals surface area contributed by atoms with E-state index in [1.54, 1.807) is 31.3 Å². The lowest BCUT2D eigenvalue weighted by molar-refractivity contribution is 0.0827. The summed E-state index contributed by atoms with van der Waals surface area (Å²) >= 11 is 0. The molecule has 2 heterocycles. The maximum Gasteiger partial charge on any atom is 0.255 e. The molecule has 8 nitrogen and oxygen atoms in total. The molecule has 3 aromatic carbocycles. The maximum absolute atomic E-state index is 13.2. The number of carbonyl (C=O) groups is 2. The predicted octanol–water partition coefficient (Wildman–Crippen LogP) is 6.72. The highest BCUT2D eigenvalue weighted by Gasteiger charge is 2.18. The number of fused-ring (bicyclic) bond motifs is 1. The van der Waals surface area contributed by atoms with Gasteiger partial charge in [-0.2, -0.15) is 0 Å². The fraction of sp³-hybridized carbons (Fsp3) is 0.235. The van der Waals surface area contributed by atoms with Gasteiger partial charge in [-0.1, -0.05) is 51.1 Å². The summed E-state index contributed by atoms with van der Waals surface area (Å²) in [6.45, 7) is 8.42. The molecule has 214 valence electrons. The minimum absolute atomic E-state index is 0.0165. The number of hydrogen-bond donors (Lipinski definition) is 1. The summed E-state index contributed by atoms with van der Waals surface area (Å²) in [6.07, 6.45) is 5.53. The van der Waals surface area contributed by atoms with Crippen LogP contribution in [-0.4, -0.2) is 52.2 Å². The van der Waals surface area contributed by atoms with Crippen LogP contribution in [0.15, 0.2) is 85.3 Å². The number of benzene rings is 3. The first-order valence-corrected chi connectivity index (χ1v) is 13.8. The van der Waals surface area contributed by atoms with Gasteiger partial charge in [0.2, 0.25) is 0 Å². The zero-order chi connectivity index (χ0) is 30.2. The van der Waals surface area contributed by atoms with E-state index >= 15 is 0 Å². The van der Waals surface area contributed by atoms with E-state index in [9.17, 15) is 9.59 Å². The molecular formula is C34H36N6O2. The fourth-order valence-corrected chi connectivity index (χ4v) is 4.74. The summed E-state index contributed by atoms with van der Waals surface area (Å²) in [5.41, 5.74) is 7.11. The molecule has 0 aliphatic rings. The summed E-state index contributed by atoms with van der Waals surface area (Å²) in [4.78, 5) is 38.8. The van der Waals surface area contributed by atoms with Crippen molar-refractivity contribution in [1.29, 1.82) is 0 Å². The molecule has 2 amide bonds. The van der Waals surface area contributed by atoms with Gasteiger partial charge in [0, 0.05) is 67.8 Å². The van der Waals surface area contributed by atoms with E-state index in [2.05, 4.69) is 31.1 Å². The topological polar surface area (TPSA) is 82.8 Å². The molecule has 1 N–H and O–H groups in total. The van der Waals surface area contributed by atoms with E-state index in [4.69, 9.17) is 4.98 Å². The molecule has 5 rings (SSSR count). The number of amides is 2. The predicted molar refractivity (Wildman–Crippen MR) is 169 cm³/mol. The SMILES string of the molecule is Cc1ccc(-c2cn3ccnc3c(N(C)c3cccc(C(=O)N(C)C)c3)n2)cc1NC(=O)c1ccc(C(C)(C)C)cc1. The molecule has 0 fully saturated rings. The van der Waals surface area contributed by atoms with Crippen LogP contribution >= 0.6 is 0 Å². The Labute approximate surface area is 246 Å². The molecule has 0 saturated heterocycles. The number of aryl methyl sites for hydroxylation is 1. The third-order valence-corrected chi connectivity index (χ3v) is 7.36. The Morgan fingerprint density at radius 2 is 1.64 bits per heavy atom. The van der Waals surface area contributed by atoms with E-state index < -0.39 is 0 Å². The van der Waals surface area contributed by atoms with Crippen LogP contribution in [0.5, 0.6) is 0 Å². The van der Waals surface area contributed by atoms with E-state index in [0.717, 1.165) is 22.5 Å². The minimum atomic E-state index is -0.165. The smallest absolute Gasteiger partial charge is 0.255 e. The Morgan fingerprint density at radius 1 is 0.905 bits per heavy atom. The minimum Gasteiger partial charge on any atom is -0.345 e. The van der Waals surface area contributed by atoms with Crippen molar-refractivity contribution in [2.75, 3.05) is 31.4 Å². The molecule has 0 unspecified atom stereocenters. The van der Waals surface area contributed by atoms with E-state index in [1.807, 2.05) is 96.3 Å². The number of rotatable bonds is 6. The molecule has 0 atom stereocenters. The van der Waals surface area contributed by atoms with Crippen molar-refractivity contribution in [3.63, 3.8) is 0 Å². The van der Waals surface area contributed by atoms with Crippen molar-refractivity contribution in [2.45, 2.75) is 33.1 Å². The Balaban J connectivity index is 1.48. The second-order valence-corrected chi connectivity index (χ2v) is 11.7. The van der Waals surface area contributed by atoms with Crippen LogP contribution in [0.2, 0.25) is 0 Å². The standard InChI is InChI=1S/C34H36N6O2/c1-22-11-12-24(20-28(22)37-32(41)23-13-15-26(16-14-23)34(2,3)4)29-21-40-18-17-35-30(40)31(36-29)39(7)27-10-8-9-25(19-27)33(42)38(5)6/h8-21H,1-7H3,(H,37,41). The van der Waals surface area contributed by atoms with Crippen LogP contribution < -0.4 is 10.2 Å². The molecular weight excluding hydrogens is 524 g/mol. The zero-order valence-electron chi connectivity index (χ0n) is 25.1. The Morgan fingerprint density at radius 3 is 2.33 bits per heavy atom. The van der Waals surface area contributed by atoms with Crippen LogP contribution in [-0.2, 0) is 5.41 Å². The Bertz CT molecular complexity index is 1780. The monoisotopic (exact) mass is 560 g/mol. The number of aromatic nitrogens is 3. The highest BCUT2D eigenvalue weighted by molar-refractivity contribution is 6.05. The fourth-order valence-electron chi connectivity index (χ4n) is 4.74. The van der Waals surface area contributed by atoms with E-state index in [-0.39, 0.29) is 17.2 Å². The highest BCUT2D eigenvalue weighted by Crippen LogP contribution is 2.31. The van der Waals surface area contributed by atoms with Crippen molar-refractivity contribution in [2.24, 2.45) is 0 Å². The van der Waals surface area contributed by atoms with E-state index in [1.165, 1.54) is 5.56 Å². The van der Waals surface area contributed by atoms with Crippen molar-refractivity contribution in [3.8, 4) is 11.3 Å². The normalized spacial score (nSPS) is 11.4. The molecule has 0 bridgehead atoms. The quantitative estimate of drug-likeness (QED) is 0.249. The van der Waals surface area contributed by atoms with Gasteiger partial charge in [0.15, 0.2) is 11.5 Å². The number of nitrogens with zero attached hydrogens (tertiary/aromatic N) is 5. The highest BCUT2D eigenvalue weighted by atomic mass is 16.2. The molecule has 8 heteroatoms. The van der Waals surface area contributed by atoms with Crippen LogP contribution in [0.25, 0.3) is 16.9 Å². The average molecular weight is 561 g/mol. The lowest BCUT2D eigenvalue weighted by atomic mass is 9.86. The maximum atomic E-state index is 13.2. The molecule has 0 spiro atoms. The first-order valence-electron chi connectivity index (χ1n) is 13.8. The number of imidazole rings is 1. The van der Waals surface area contributed by atoms with Crippen LogP contribution in [0, 0.1) is 6.92 Å². The summed E-state index contributed by atoms with van der Waals surface area (Å²) < 4.78 is 1.93. The van der Waals surface area contributed by atoms with Crippen LogP contribution in [0.1, 0.15) is 52.6 Å². The first-order chi connectivity index (χ1) is 19.9. The third-order valence-electron chi connectivity index (χ3n) is 7.36. The number of carbonyl (C=O) groups excluding carboxylic acids is 2. The van der Waals surface area contributed by atoms with Crippen molar-refractivity contribution in [3.05, 3.63) is 108 Å². The summed E-state index contributed by atoms with van der Waals surface area (Å²) in [5, 5.41) is 3.08. The van der Waals surface area contributed by atoms with Gasteiger partial charge >= 0.3 is 0 Å².